The molecule has 0 radical (unpaired) electrons. The molecule has 2 N–H and O–H groups in total. The maximum Gasteiger partial charge on any atom is 0.253 e. The van der Waals surface area contributed by atoms with Crippen LogP contribution in [0.15, 0.2) is 24.4 Å². The number of rotatable bonds is 5. The van der Waals surface area contributed by atoms with Gasteiger partial charge in [0.15, 0.2) is 0 Å². The van der Waals surface area contributed by atoms with Gasteiger partial charge in [-0.3, -0.25) is 4.79 Å². The summed E-state index contributed by atoms with van der Waals surface area (Å²) < 4.78 is 0. The molecule has 106 valence electrons. The Morgan fingerprint density at radius 1 is 1.45 bits per heavy atom. The lowest BCUT2D eigenvalue weighted by Crippen LogP contribution is -2.24. The molecule has 1 amide bonds. The molecule has 0 saturated heterocycles. The minimum absolute atomic E-state index is 0.156. The molecule has 2 aromatic rings. The molecule has 1 heterocycles. The second kappa shape index (κ2) is 6.72. The molecular weight excluding hydrogens is 294 g/mol. The third kappa shape index (κ3) is 3.71. The molecule has 0 fully saturated rings. The van der Waals surface area contributed by atoms with Gasteiger partial charge in [-0.1, -0.05) is 11.6 Å². The van der Waals surface area contributed by atoms with Gasteiger partial charge >= 0.3 is 0 Å². The summed E-state index contributed by atoms with van der Waals surface area (Å²) in [4.78, 5) is 17.6. The first-order valence-corrected chi connectivity index (χ1v) is 7.52. The van der Waals surface area contributed by atoms with Crippen LogP contribution in [0.5, 0.6) is 0 Å². The number of carbonyl (C=O) groups excluding carboxylic acids is 1. The minimum atomic E-state index is -0.156. The Kier molecular flexibility index (Phi) is 4.98. The lowest BCUT2D eigenvalue weighted by Gasteiger charge is -2.11. The summed E-state index contributed by atoms with van der Waals surface area (Å²) >= 11 is 7.54. The molecule has 0 aliphatic rings. The zero-order valence-electron chi connectivity index (χ0n) is 11.4. The fourth-order valence-electron chi connectivity index (χ4n) is 1.78. The van der Waals surface area contributed by atoms with Crippen molar-refractivity contribution < 1.29 is 4.79 Å². The number of hydrogen-bond donors (Lipinski definition) is 2. The summed E-state index contributed by atoms with van der Waals surface area (Å²) in [7, 11) is 0. The Morgan fingerprint density at radius 2 is 2.25 bits per heavy atom. The lowest BCUT2D eigenvalue weighted by atomic mass is 10.1. The predicted octanol–water partition coefficient (Wildman–Crippen LogP) is 3.47. The van der Waals surface area contributed by atoms with Crippen molar-refractivity contribution in [1.29, 1.82) is 0 Å². The molecule has 0 atom stereocenters. The Morgan fingerprint density at radius 3 is 2.90 bits per heavy atom. The number of aryl methyl sites for hydroxylation is 1. The van der Waals surface area contributed by atoms with E-state index in [1.807, 2.05) is 19.9 Å². The molecule has 20 heavy (non-hydrogen) atoms. The highest BCUT2D eigenvalue weighted by molar-refractivity contribution is 7.11. The fraction of sp³-hybridized carbons (Fsp3) is 0.286. The van der Waals surface area contributed by atoms with Crippen molar-refractivity contribution in [1.82, 2.24) is 10.3 Å². The van der Waals surface area contributed by atoms with E-state index >= 15 is 0 Å². The summed E-state index contributed by atoms with van der Waals surface area (Å²) in [6.07, 6.45) is 1.80. The number of nitrogens with one attached hydrogen (secondary N) is 2. The van der Waals surface area contributed by atoms with Crippen LogP contribution in [0.4, 0.5) is 5.69 Å². The van der Waals surface area contributed by atoms with E-state index in [1.54, 1.807) is 29.7 Å². The molecule has 0 aliphatic carbocycles. The minimum Gasteiger partial charge on any atom is -0.385 e. The van der Waals surface area contributed by atoms with E-state index in [4.69, 9.17) is 11.6 Å². The van der Waals surface area contributed by atoms with Gasteiger partial charge in [0, 0.05) is 28.3 Å². The average molecular weight is 310 g/mol. The third-order valence-corrected chi connectivity index (χ3v) is 3.81. The highest BCUT2D eigenvalue weighted by Gasteiger charge is 2.12. The van der Waals surface area contributed by atoms with Crippen LogP contribution < -0.4 is 10.6 Å². The molecule has 6 heteroatoms. The second-order valence-corrected chi connectivity index (χ2v) is 6.02. The van der Waals surface area contributed by atoms with Gasteiger partial charge in [0.05, 0.1) is 12.1 Å². The van der Waals surface area contributed by atoms with Crippen LogP contribution in [0.25, 0.3) is 0 Å². The first-order valence-electron chi connectivity index (χ1n) is 6.33. The molecule has 0 bridgehead atoms. The highest BCUT2D eigenvalue weighted by Crippen LogP contribution is 2.21. The normalized spacial score (nSPS) is 10.3. The van der Waals surface area contributed by atoms with Crippen LogP contribution in [0, 0.1) is 6.92 Å². The lowest BCUT2D eigenvalue weighted by molar-refractivity contribution is 0.0951. The number of halogens is 1. The molecule has 2 rings (SSSR count). The van der Waals surface area contributed by atoms with Gasteiger partial charge in [-0.15, -0.1) is 11.3 Å². The van der Waals surface area contributed by atoms with Crippen LogP contribution in [0.3, 0.4) is 0 Å². The SMILES string of the molecule is CCNc1ccc(Cl)cc1C(=O)NCc1ncc(C)s1. The van der Waals surface area contributed by atoms with E-state index in [1.165, 1.54) is 0 Å². The number of anilines is 1. The van der Waals surface area contributed by atoms with Crippen molar-refractivity contribution in [2.45, 2.75) is 20.4 Å². The van der Waals surface area contributed by atoms with E-state index in [0.717, 1.165) is 22.1 Å². The van der Waals surface area contributed by atoms with Crippen molar-refractivity contribution in [2.24, 2.45) is 0 Å². The van der Waals surface area contributed by atoms with Crippen LogP contribution in [0.1, 0.15) is 27.2 Å². The highest BCUT2D eigenvalue weighted by atomic mass is 35.5. The first kappa shape index (κ1) is 14.8. The van der Waals surface area contributed by atoms with Crippen LogP contribution in [-0.2, 0) is 6.54 Å². The van der Waals surface area contributed by atoms with Crippen molar-refractivity contribution in [3.8, 4) is 0 Å². The average Bonchev–Trinajstić information content (AvgIpc) is 2.84. The smallest absolute Gasteiger partial charge is 0.253 e. The second-order valence-electron chi connectivity index (χ2n) is 4.27. The number of benzene rings is 1. The Bertz CT molecular complexity index is 612. The number of carbonyl (C=O) groups is 1. The maximum absolute atomic E-state index is 12.2. The summed E-state index contributed by atoms with van der Waals surface area (Å²) in [5.74, 6) is -0.156. The standard InChI is InChI=1S/C14H16ClN3OS/c1-3-16-12-5-4-10(15)6-11(12)14(19)18-8-13-17-7-9(2)20-13/h4-7,16H,3,8H2,1-2H3,(H,18,19). The quantitative estimate of drug-likeness (QED) is 0.889. The van der Waals surface area contributed by atoms with Crippen molar-refractivity contribution >= 4 is 34.5 Å². The third-order valence-electron chi connectivity index (χ3n) is 2.66. The summed E-state index contributed by atoms with van der Waals surface area (Å²) in [5.41, 5.74) is 1.33. The molecule has 1 aromatic carbocycles. The molecule has 1 aromatic heterocycles. The van der Waals surface area contributed by atoms with Gasteiger partial charge in [0.25, 0.3) is 5.91 Å². The topological polar surface area (TPSA) is 54.0 Å². The van der Waals surface area contributed by atoms with Crippen molar-refractivity contribution in [3.05, 3.63) is 44.9 Å². The predicted molar refractivity (Wildman–Crippen MR) is 83.6 cm³/mol. The Balaban J connectivity index is 2.09. The van der Waals surface area contributed by atoms with Gasteiger partial charge in [-0.25, -0.2) is 4.98 Å². The Hall–Kier alpha value is -1.59. The molecular formula is C14H16ClN3OS. The molecule has 0 spiro atoms. The summed E-state index contributed by atoms with van der Waals surface area (Å²) in [6, 6.07) is 5.25. The Labute approximate surface area is 127 Å². The summed E-state index contributed by atoms with van der Waals surface area (Å²) in [5, 5.41) is 7.45. The van der Waals surface area contributed by atoms with E-state index in [0.29, 0.717) is 17.1 Å². The van der Waals surface area contributed by atoms with Gasteiger partial charge in [-0.05, 0) is 32.0 Å². The van der Waals surface area contributed by atoms with Crippen LogP contribution in [-0.4, -0.2) is 17.4 Å². The fourth-order valence-corrected chi connectivity index (χ4v) is 2.68. The van der Waals surface area contributed by atoms with Gasteiger partial charge in [-0.2, -0.15) is 0 Å². The van der Waals surface area contributed by atoms with Gasteiger partial charge in [0.1, 0.15) is 5.01 Å². The van der Waals surface area contributed by atoms with E-state index in [-0.39, 0.29) is 5.91 Å². The van der Waals surface area contributed by atoms with Crippen molar-refractivity contribution in [2.75, 3.05) is 11.9 Å². The molecule has 0 aliphatic heterocycles. The zero-order valence-corrected chi connectivity index (χ0v) is 12.9. The number of nitrogens with zero attached hydrogens (tertiary/aromatic N) is 1. The van der Waals surface area contributed by atoms with E-state index in [2.05, 4.69) is 15.6 Å². The largest absolute Gasteiger partial charge is 0.385 e. The molecule has 4 nitrogen and oxygen atoms in total. The zero-order chi connectivity index (χ0) is 14.5. The van der Waals surface area contributed by atoms with Crippen molar-refractivity contribution in [3.63, 3.8) is 0 Å². The van der Waals surface area contributed by atoms with Crippen LogP contribution >= 0.6 is 22.9 Å². The number of amides is 1. The number of thiazole rings is 1. The monoisotopic (exact) mass is 309 g/mol. The maximum atomic E-state index is 12.2. The summed E-state index contributed by atoms with van der Waals surface area (Å²) in [6.45, 7) is 5.14. The molecule has 0 unspecified atom stereocenters. The van der Waals surface area contributed by atoms with Crippen LogP contribution in [0.2, 0.25) is 5.02 Å². The van der Waals surface area contributed by atoms with E-state index in [9.17, 15) is 4.79 Å². The number of aromatic nitrogens is 1. The molecule has 0 saturated carbocycles. The van der Waals surface area contributed by atoms with E-state index < -0.39 is 0 Å². The number of hydrogen-bond acceptors (Lipinski definition) is 4. The van der Waals surface area contributed by atoms with Gasteiger partial charge in [0.2, 0.25) is 0 Å². The van der Waals surface area contributed by atoms with Gasteiger partial charge < -0.3 is 10.6 Å². The first-order chi connectivity index (χ1) is 9.60.